The number of anilines is 1. The molecule has 1 nitrogen and oxygen atoms in total. The van der Waals surface area contributed by atoms with Crippen LogP contribution in [0.15, 0.2) is 24.3 Å². The van der Waals surface area contributed by atoms with E-state index in [1.807, 2.05) is 0 Å². The van der Waals surface area contributed by atoms with Gasteiger partial charge in [-0.25, -0.2) is 0 Å². The first-order chi connectivity index (χ1) is 8.11. The van der Waals surface area contributed by atoms with Crippen molar-refractivity contribution < 1.29 is 0 Å². The fraction of sp³-hybridized carbons (Fsp3) is 0.625. The van der Waals surface area contributed by atoms with Crippen LogP contribution in [-0.4, -0.2) is 6.04 Å². The Morgan fingerprint density at radius 3 is 2.71 bits per heavy atom. The Hall–Kier alpha value is -0.980. The van der Waals surface area contributed by atoms with Gasteiger partial charge in [0.15, 0.2) is 0 Å². The van der Waals surface area contributed by atoms with Crippen molar-refractivity contribution in [2.75, 3.05) is 5.32 Å². The Kier molecular flexibility index (Phi) is 3.76. The molecule has 1 aliphatic rings. The van der Waals surface area contributed by atoms with E-state index in [0.29, 0.717) is 11.5 Å². The summed E-state index contributed by atoms with van der Waals surface area (Å²) in [5.74, 6) is 0. The van der Waals surface area contributed by atoms with Gasteiger partial charge in [0.05, 0.1) is 0 Å². The lowest BCUT2D eigenvalue weighted by molar-refractivity contribution is 0.378. The van der Waals surface area contributed by atoms with Crippen LogP contribution in [-0.2, 0) is 6.42 Å². The second-order valence-corrected chi connectivity index (χ2v) is 6.16. The van der Waals surface area contributed by atoms with Gasteiger partial charge in [0.1, 0.15) is 0 Å². The third kappa shape index (κ3) is 3.24. The molecule has 1 N–H and O–H groups in total. The van der Waals surface area contributed by atoms with Gasteiger partial charge in [0.25, 0.3) is 0 Å². The van der Waals surface area contributed by atoms with Crippen molar-refractivity contribution >= 4 is 5.69 Å². The van der Waals surface area contributed by atoms with E-state index in [2.05, 4.69) is 50.4 Å². The summed E-state index contributed by atoms with van der Waals surface area (Å²) in [4.78, 5) is 0. The summed E-state index contributed by atoms with van der Waals surface area (Å²) in [5.41, 5.74) is 3.36. The molecule has 1 fully saturated rings. The summed E-state index contributed by atoms with van der Waals surface area (Å²) in [7, 11) is 0. The molecule has 1 aromatic rings. The molecule has 1 aliphatic carbocycles. The summed E-state index contributed by atoms with van der Waals surface area (Å²) < 4.78 is 0. The van der Waals surface area contributed by atoms with Crippen molar-refractivity contribution in [3.63, 3.8) is 0 Å². The topological polar surface area (TPSA) is 12.0 Å². The first-order valence-corrected chi connectivity index (χ1v) is 6.95. The Labute approximate surface area is 106 Å². The van der Waals surface area contributed by atoms with Crippen LogP contribution in [0, 0.1) is 5.41 Å². The molecule has 0 saturated heterocycles. The first-order valence-electron chi connectivity index (χ1n) is 6.95. The lowest BCUT2D eigenvalue weighted by Crippen LogP contribution is -2.18. The number of hydrogen-bond donors (Lipinski definition) is 1. The number of aryl methyl sites for hydroxylation is 1. The van der Waals surface area contributed by atoms with Crippen LogP contribution in [0.25, 0.3) is 0 Å². The van der Waals surface area contributed by atoms with Gasteiger partial charge in [-0.05, 0) is 42.7 Å². The highest BCUT2D eigenvalue weighted by Gasteiger charge is 2.30. The molecule has 0 spiro atoms. The quantitative estimate of drug-likeness (QED) is 0.796. The Balaban J connectivity index is 2.03. The van der Waals surface area contributed by atoms with Crippen LogP contribution in [0.2, 0.25) is 0 Å². The van der Waals surface area contributed by atoms with E-state index in [1.54, 1.807) is 0 Å². The van der Waals surface area contributed by atoms with Gasteiger partial charge >= 0.3 is 0 Å². The lowest BCUT2D eigenvalue weighted by Gasteiger charge is -2.20. The maximum absolute atomic E-state index is 3.75. The fourth-order valence-electron chi connectivity index (χ4n) is 2.93. The van der Waals surface area contributed by atoms with E-state index < -0.39 is 0 Å². The molecule has 0 aliphatic heterocycles. The van der Waals surface area contributed by atoms with Crippen LogP contribution >= 0.6 is 0 Å². The van der Waals surface area contributed by atoms with Gasteiger partial charge in [-0.1, -0.05) is 45.4 Å². The molecule has 0 aromatic heterocycles. The molecule has 0 heterocycles. The number of benzene rings is 1. The SMILES string of the molecule is CCCc1ccccc1NC1CCC(C)(C)C1. The largest absolute Gasteiger partial charge is 0.382 e. The van der Waals surface area contributed by atoms with E-state index in [-0.39, 0.29) is 0 Å². The van der Waals surface area contributed by atoms with Crippen LogP contribution in [0.3, 0.4) is 0 Å². The molecule has 1 heteroatoms. The second kappa shape index (κ2) is 5.12. The van der Waals surface area contributed by atoms with Crippen molar-refractivity contribution in [3.05, 3.63) is 29.8 Å². The third-order valence-corrected chi connectivity index (χ3v) is 3.86. The van der Waals surface area contributed by atoms with Crippen molar-refractivity contribution in [1.29, 1.82) is 0 Å². The predicted octanol–water partition coefficient (Wildman–Crippen LogP) is 4.63. The zero-order chi connectivity index (χ0) is 12.3. The Morgan fingerprint density at radius 2 is 2.06 bits per heavy atom. The maximum Gasteiger partial charge on any atom is 0.0374 e. The zero-order valence-corrected chi connectivity index (χ0v) is 11.4. The van der Waals surface area contributed by atoms with Crippen molar-refractivity contribution in [2.24, 2.45) is 5.41 Å². The van der Waals surface area contributed by atoms with E-state index in [9.17, 15) is 0 Å². The van der Waals surface area contributed by atoms with Crippen molar-refractivity contribution in [2.45, 2.75) is 58.9 Å². The average molecular weight is 231 g/mol. The average Bonchev–Trinajstić information content (AvgIpc) is 2.61. The van der Waals surface area contributed by atoms with Crippen LogP contribution < -0.4 is 5.32 Å². The van der Waals surface area contributed by atoms with Gasteiger partial charge in [0.2, 0.25) is 0 Å². The van der Waals surface area contributed by atoms with Gasteiger partial charge in [-0.15, -0.1) is 0 Å². The third-order valence-electron chi connectivity index (χ3n) is 3.86. The van der Waals surface area contributed by atoms with Gasteiger partial charge < -0.3 is 5.32 Å². The minimum absolute atomic E-state index is 0.525. The van der Waals surface area contributed by atoms with Crippen LogP contribution in [0.5, 0.6) is 0 Å². The highest BCUT2D eigenvalue weighted by atomic mass is 14.9. The molecule has 0 radical (unpaired) electrons. The lowest BCUT2D eigenvalue weighted by atomic mass is 9.92. The van der Waals surface area contributed by atoms with E-state index >= 15 is 0 Å². The number of nitrogens with one attached hydrogen (secondary N) is 1. The molecule has 1 aromatic carbocycles. The molecule has 94 valence electrons. The van der Waals surface area contributed by atoms with Crippen LogP contribution in [0.4, 0.5) is 5.69 Å². The Morgan fingerprint density at radius 1 is 1.29 bits per heavy atom. The summed E-state index contributed by atoms with van der Waals surface area (Å²) in [6.45, 7) is 7.01. The Bertz CT molecular complexity index is 368. The monoisotopic (exact) mass is 231 g/mol. The molecular formula is C16H25N. The maximum atomic E-state index is 3.75. The molecule has 1 unspecified atom stereocenters. The van der Waals surface area contributed by atoms with E-state index in [1.165, 1.54) is 43.4 Å². The standard InChI is InChI=1S/C16H25N/c1-4-7-13-8-5-6-9-15(13)17-14-10-11-16(2,3)12-14/h5-6,8-9,14,17H,4,7,10-12H2,1-3H3. The molecule has 0 amide bonds. The van der Waals surface area contributed by atoms with Gasteiger partial charge in [-0.2, -0.15) is 0 Å². The first kappa shape index (κ1) is 12.5. The molecule has 17 heavy (non-hydrogen) atoms. The van der Waals surface area contributed by atoms with Crippen LogP contribution in [0.1, 0.15) is 52.0 Å². The fourth-order valence-corrected chi connectivity index (χ4v) is 2.93. The zero-order valence-electron chi connectivity index (χ0n) is 11.4. The predicted molar refractivity (Wildman–Crippen MR) is 75.5 cm³/mol. The number of hydrogen-bond acceptors (Lipinski definition) is 1. The normalized spacial score (nSPS) is 22.6. The molecule has 1 atom stereocenters. The molecule has 1 saturated carbocycles. The minimum atomic E-state index is 0.525. The molecular weight excluding hydrogens is 206 g/mol. The minimum Gasteiger partial charge on any atom is -0.382 e. The number of rotatable bonds is 4. The van der Waals surface area contributed by atoms with Crippen molar-refractivity contribution in [3.8, 4) is 0 Å². The van der Waals surface area contributed by atoms with Gasteiger partial charge in [0, 0.05) is 11.7 Å². The second-order valence-electron chi connectivity index (χ2n) is 6.16. The summed E-state index contributed by atoms with van der Waals surface area (Å²) in [5, 5.41) is 3.75. The molecule has 0 bridgehead atoms. The highest BCUT2D eigenvalue weighted by Crippen LogP contribution is 2.38. The molecule has 2 rings (SSSR count). The summed E-state index contributed by atoms with van der Waals surface area (Å²) in [6, 6.07) is 9.45. The van der Waals surface area contributed by atoms with E-state index in [4.69, 9.17) is 0 Å². The van der Waals surface area contributed by atoms with Gasteiger partial charge in [-0.3, -0.25) is 0 Å². The highest BCUT2D eigenvalue weighted by molar-refractivity contribution is 5.52. The van der Waals surface area contributed by atoms with E-state index in [0.717, 1.165) is 0 Å². The summed E-state index contributed by atoms with van der Waals surface area (Å²) in [6.07, 6.45) is 6.36. The number of para-hydroxylation sites is 1. The smallest absolute Gasteiger partial charge is 0.0374 e. The summed E-state index contributed by atoms with van der Waals surface area (Å²) >= 11 is 0. The van der Waals surface area contributed by atoms with Crippen molar-refractivity contribution in [1.82, 2.24) is 0 Å².